The van der Waals surface area contributed by atoms with Gasteiger partial charge in [-0.15, -0.1) is 0 Å². The lowest BCUT2D eigenvalue weighted by molar-refractivity contribution is 0.0916. The molecule has 226 valence electrons. The van der Waals surface area contributed by atoms with Crippen molar-refractivity contribution in [3.8, 4) is 5.75 Å². The summed E-state index contributed by atoms with van der Waals surface area (Å²) >= 11 is 0. The van der Waals surface area contributed by atoms with Crippen LogP contribution in [0.15, 0.2) is 24.4 Å². The summed E-state index contributed by atoms with van der Waals surface area (Å²) in [6.45, 7) is 6.10. The molecule has 4 rings (SSSR count). The number of rotatable bonds is 10. The van der Waals surface area contributed by atoms with E-state index in [0.717, 1.165) is 57.2 Å². The first-order chi connectivity index (χ1) is 19.5. The summed E-state index contributed by atoms with van der Waals surface area (Å²) in [5.41, 5.74) is 2.12. The highest BCUT2D eigenvalue weighted by Gasteiger charge is 2.33. The molecule has 1 amide bonds. The van der Waals surface area contributed by atoms with Gasteiger partial charge in [0.2, 0.25) is 16.0 Å². The van der Waals surface area contributed by atoms with Crippen molar-refractivity contribution in [1.29, 1.82) is 0 Å². The second-order valence-corrected chi connectivity index (χ2v) is 13.7. The third kappa shape index (κ3) is 7.87. The Morgan fingerprint density at radius 2 is 1.85 bits per heavy atom. The number of carbonyl (C=O) groups excluding carboxylic acids is 1. The molecule has 1 aromatic carbocycles. The average molecular weight is 588 g/mol. The van der Waals surface area contributed by atoms with E-state index in [1.54, 1.807) is 38.6 Å². The second-order valence-electron chi connectivity index (χ2n) is 11.6. The van der Waals surface area contributed by atoms with Gasteiger partial charge in [0.1, 0.15) is 11.6 Å². The van der Waals surface area contributed by atoms with Crippen molar-refractivity contribution in [2.24, 2.45) is 0 Å². The fourth-order valence-electron chi connectivity index (χ4n) is 5.60. The highest BCUT2D eigenvalue weighted by Crippen LogP contribution is 2.32. The Labute approximate surface area is 244 Å². The normalized spacial score (nSPS) is 20.7. The number of sulfonamides is 1. The molecule has 3 N–H and O–H groups in total. The van der Waals surface area contributed by atoms with Crippen LogP contribution in [0.5, 0.6) is 5.75 Å². The molecule has 2 fully saturated rings. The molecule has 1 saturated carbocycles. The molecule has 11 nitrogen and oxygen atoms in total. The second kappa shape index (κ2) is 13.3. The van der Waals surface area contributed by atoms with Crippen molar-refractivity contribution in [3.05, 3.63) is 35.5 Å². The van der Waals surface area contributed by atoms with Gasteiger partial charge >= 0.3 is 0 Å². The van der Waals surface area contributed by atoms with Gasteiger partial charge in [-0.2, -0.15) is 4.98 Å². The first-order valence-corrected chi connectivity index (χ1v) is 16.3. The van der Waals surface area contributed by atoms with E-state index in [1.165, 1.54) is 10.6 Å². The molecule has 1 saturated heterocycles. The Kier molecular flexibility index (Phi) is 10.1. The number of ether oxygens (including phenoxy) is 1. The zero-order valence-electron chi connectivity index (χ0n) is 25.1. The van der Waals surface area contributed by atoms with Crippen LogP contribution in [0.3, 0.4) is 0 Å². The highest BCUT2D eigenvalue weighted by molar-refractivity contribution is 7.88. The molecule has 0 spiro atoms. The monoisotopic (exact) mass is 587 g/mol. The summed E-state index contributed by atoms with van der Waals surface area (Å²) < 4.78 is 31.7. The van der Waals surface area contributed by atoms with Crippen LogP contribution in [-0.2, 0) is 10.0 Å². The summed E-state index contributed by atoms with van der Waals surface area (Å²) in [5, 5.41) is 9.96. The van der Waals surface area contributed by atoms with Gasteiger partial charge in [-0.1, -0.05) is 26.7 Å². The van der Waals surface area contributed by atoms with E-state index >= 15 is 0 Å². The van der Waals surface area contributed by atoms with Crippen LogP contribution in [0.1, 0.15) is 74.2 Å². The van der Waals surface area contributed by atoms with Crippen LogP contribution >= 0.6 is 0 Å². The number of hydrogen-bond donors (Lipinski definition) is 3. The number of methoxy groups -OCH3 is 1. The number of nitrogens with one attached hydrogen (secondary N) is 3. The molecule has 0 radical (unpaired) electrons. The van der Waals surface area contributed by atoms with E-state index in [-0.39, 0.29) is 30.0 Å². The van der Waals surface area contributed by atoms with Crippen LogP contribution in [0.25, 0.3) is 0 Å². The summed E-state index contributed by atoms with van der Waals surface area (Å²) in [5.74, 6) is 1.62. The van der Waals surface area contributed by atoms with E-state index < -0.39 is 10.0 Å². The van der Waals surface area contributed by atoms with Gasteiger partial charge in [0.25, 0.3) is 5.91 Å². The maximum absolute atomic E-state index is 12.9. The Bertz CT molecular complexity index is 1310. The molecule has 1 aromatic heterocycles. The van der Waals surface area contributed by atoms with Gasteiger partial charge in [0, 0.05) is 42.5 Å². The lowest BCUT2D eigenvalue weighted by atomic mass is 9.90. The molecule has 2 aromatic rings. The van der Waals surface area contributed by atoms with E-state index in [0.29, 0.717) is 28.8 Å². The number of anilines is 3. The zero-order valence-corrected chi connectivity index (χ0v) is 25.9. The number of amides is 1. The van der Waals surface area contributed by atoms with Gasteiger partial charge in [0.15, 0.2) is 0 Å². The predicted octanol–water partition coefficient (Wildman–Crippen LogP) is 3.79. The van der Waals surface area contributed by atoms with Crippen LogP contribution in [0.2, 0.25) is 0 Å². The zero-order chi connectivity index (χ0) is 29.7. The SMILES string of the molecule is COc1cc(C(=O)NC2CCN(C)CC2)ccc1Nc1ncc(C(C)C)c(N[C@@H]2CCCC[C@H]2N(C)S(C)(=O)=O)n1. The number of aromatic nitrogens is 2. The summed E-state index contributed by atoms with van der Waals surface area (Å²) in [6, 6.07) is 5.24. The number of carbonyl (C=O) groups is 1. The van der Waals surface area contributed by atoms with Gasteiger partial charge < -0.3 is 25.6 Å². The van der Waals surface area contributed by atoms with Crippen molar-refractivity contribution in [3.63, 3.8) is 0 Å². The van der Waals surface area contributed by atoms with E-state index in [2.05, 4.69) is 46.7 Å². The Morgan fingerprint density at radius 3 is 2.51 bits per heavy atom. The number of benzene rings is 1. The lowest BCUT2D eigenvalue weighted by Crippen LogP contribution is -2.49. The fraction of sp³-hybridized carbons (Fsp3) is 0.621. The Hall–Kier alpha value is -2.96. The number of likely N-dealkylation sites (tertiary alicyclic amines) is 1. The van der Waals surface area contributed by atoms with Crippen molar-refractivity contribution in [2.45, 2.75) is 76.4 Å². The largest absolute Gasteiger partial charge is 0.495 e. The number of nitrogens with zero attached hydrogens (tertiary/aromatic N) is 4. The van der Waals surface area contributed by atoms with Gasteiger partial charge in [-0.3, -0.25) is 4.79 Å². The molecule has 41 heavy (non-hydrogen) atoms. The minimum Gasteiger partial charge on any atom is -0.495 e. The molecule has 0 unspecified atom stereocenters. The maximum atomic E-state index is 12.9. The smallest absolute Gasteiger partial charge is 0.251 e. The van der Waals surface area contributed by atoms with E-state index in [4.69, 9.17) is 9.72 Å². The number of hydrogen-bond acceptors (Lipinski definition) is 9. The van der Waals surface area contributed by atoms with Crippen LogP contribution in [-0.4, -0.2) is 92.2 Å². The molecule has 0 bridgehead atoms. The molecular formula is C29H45N7O4S. The minimum atomic E-state index is -3.33. The summed E-state index contributed by atoms with van der Waals surface area (Å²) in [4.78, 5) is 24.6. The molecule has 1 aliphatic heterocycles. The summed E-state index contributed by atoms with van der Waals surface area (Å²) in [7, 11) is 1.99. The maximum Gasteiger partial charge on any atom is 0.251 e. The number of likely N-dealkylation sites (N-methyl/N-ethyl adjacent to an activating group) is 1. The fourth-order valence-corrected chi connectivity index (χ4v) is 6.35. The van der Waals surface area contributed by atoms with Gasteiger partial charge in [-0.25, -0.2) is 17.7 Å². The molecule has 2 aliphatic rings. The predicted molar refractivity (Wildman–Crippen MR) is 163 cm³/mol. The average Bonchev–Trinajstić information content (AvgIpc) is 2.94. The Morgan fingerprint density at radius 1 is 1.15 bits per heavy atom. The van der Waals surface area contributed by atoms with E-state index in [1.807, 2.05) is 0 Å². The lowest BCUT2D eigenvalue weighted by Gasteiger charge is -2.37. The van der Waals surface area contributed by atoms with Gasteiger partial charge in [0.05, 0.1) is 19.1 Å². The highest BCUT2D eigenvalue weighted by atomic mass is 32.2. The molecule has 2 atom stereocenters. The number of piperidine rings is 1. The molecule has 2 heterocycles. The van der Waals surface area contributed by atoms with Gasteiger partial charge in [-0.05, 0) is 69.9 Å². The van der Waals surface area contributed by atoms with Crippen LogP contribution in [0, 0.1) is 0 Å². The summed E-state index contributed by atoms with van der Waals surface area (Å²) in [6.07, 6.45) is 8.58. The molecule has 12 heteroatoms. The topological polar surface area (TPSA) is 129 Å². The van der Waals surface area contributed by atoms with Crippen LogP contribution < -0.4 is 20.7 Å². The first-order valence-electron chi connectivity index (χ1n) is 14.5. The quantitative estimate of drug-likeness (QED) is 0.380. The minimum absolute atomic E-state index is 0.0689. The van der Waals surface area contributed by atoms with Crippen molar-refractivity contribution < 1.29 is 17.9 Å². The standard InChI is InChI=1S/C29H45N7O4S/c1-19(2)22-18-30-29(34-27(22)32-23-9-7-8-10-25(23)36(4)41(6,38)39)33-24-12-11-20(17-26(24)40-5)28(37)31-21-13-15-35(3)16-14-21/h11-12,17-19,21,23,25H,7-10,13-16H2,1-6H3,(H,31,37)(H2,30,32,33,34)/t23-,25-/m1/s1. The van der Waals surface area contributed by atoms with Crippen molar-refractivity contribution in [1.82, 2.24) is 24.5 Å². The molecule has 1 aliphatic carbocycles. The third-order valence-corrected chi connectivity index (χ3v) is 9.56. The van der Waals surface area contributed by atoms with E-state index in [9.17, 15) is 13.2 Å². The molecular weight excluding hydrogens is 542 g/mol. The third-order valence-electron chi connectivity index (χ3n) is 8.24. The Balaban J connectivity index is 1.53. The van der Waals surface area contributed by atoms with Crippen molar-refractivity contribution >= 4 is 33.4 Å². The first kappa shape index (κ1) is 31.0. The van der Waals surface area contributed by atoms with Crippen molar-refractivity contribution in [2.75, 3.05) is 51.2 Å². The van der Waals surface area contributed by atoms with Crippen LogP contribution in [0.4, 0.5) is 17.5 Å².